The summed E-state index contributed by atoms with van der Waals surface area (Å²) in [7, 11) is -3.43. The van der Waals surface area contributed by atoms with Gasteiger partial charge >= 0.3 is 18.0 Å². The van der Waals surface area contributed by atoms with Gasteiger partial charge in [-0.25, -0.2) is 12.8 Å². The van der Waals surface area contributed by atoms with Crippen molar-refractivity contribution >= 4 is 49.9 Å². The lowest BCUT2D eigenvalue weighted by molar-refractivity contribution is -0.348. The van der Waals surface area contributed by atoms with E-state index in [4.69, 9.17) is 0 Å². The van der Waals surface area contributed by atoms with Crippen LogP contribution in [0.2, 0.25) is 0 Å². The van der Waals surface area contributed by atoms with E-state index < -0.39 is 51.3 Å². The molecule has 204 valence electrons. The maximum absolute atomic E-state index is 14.4. The zero-order valence-corrected chi connectivity index (χ0v) is 22.3. The van der Waals surface area contributed by atoms with Gasteiger partial charge in [0.1, 0.15) is 9.84 Å². The number of carbonyl (C=O) groups excluding carboxylic acids is 2. The molecule has 0 fully saturated rings. The molecule has 0 saturated carbocycles. The van der Waals surface area contributed by atoms with Crippen LogP contribution in [0, 0.1) is 10.5 Å². The minimum atomic E-state index is -6.29. The average Bonchev–Trinajstić information content (AvgIpc) is 2.71. The molecular formula is C22H20F7IN2O4S. The SMILES string of the molecule is Cc1cc(C(F)(C(F)(F)F)C(F)(F)F)ccc1NC(=O)c1cccc(I)c1C(=O)N[C@H](C)CS(C)(=O)=O. The van der Waals surface area contributed by atoms with E-state index in [1.54, 1.807) is 22.6 Å². The molecule has 0 bridgehead atoms. The van der Waals surface area contributed by atoms with Crippen LogP contribution in [-0.4, -0.2) is 50.6 Å². The Bertz CT molecular complexity index is 1300. The molecule has 37 heavy (non-hydrogen) atoms. The summed E-state index contributed by atoms with van der Waals surface area (Å²) in [6.45, 7) is 2.51. The second-order valence-electron chi connectivity index (χ2n) is 8.27. The minimum absolute atomic E-state index is 0.132. The lowest BCUT2D eigenvalue weighted by atomic mass is 9.92. The Morgan fingerprint density at radius 3 is 2.03 bits per heavy atom. The Hall–Kier alpha value is -2.43. The number of alkyl halides is 7. The third-order valence-corrected chi connectivity index (χ3v) is 7.07. The lowest BCUT2D eigenvalue weighted by Gasteiger charge is -2.30. The van der Waals surface area contributed by atoms with Crippen LogP contribution in [0.4, 0.5) is 36.4 Å². The van der Waals surface area contributed by atoms with Gasteiger partial charge in [-0.05, 0) is 60.2 Å². The zero-order valence-electron chi connectivity index (χ0n) is 19.3. The van der Waals surface area contributed by atoms with Crippen molar-refractivity contribution < 1.29 is 48.7 Å². The molecule has 1 atom stereocenters. The third kappa shape index (κ3) is 6.91. The summed E-state index contributed by atoms with van der Waals surface area (Å²) in [6.07, 6.45) is -11.6. The van der Waals surface area contributed by atoms with Crippen molar-refractivity contribution in [3.05, 3.63) is 62.2 Å². The topological polar surface area (TPSA) is 92.3 Å². The van der Waals surface area contributed by atoms with E-state index in [2.05, 4.69) is 10.6 Å². The first-order chi connectivity index (χ1) is 16.7. The summed E-state index contributed by atoms with van der Waals surface area (Å²) in [5.74, 6) is -2.09. The summed E-state index contributed by atoms with van der Waals surface area (Å²) < 4.78 is 116. The van der Waals surface area contributed by atoms with E-state index in [-0.39, 0.29) is 34.2 Å². The van der Waals surface area contributed by atoms with Gasteiger partial charge in [-0.2, -0.15) is 26.3 Å². The first kappa shape index (κ1) is 30.8. The van der Waals surface area contributed by atoms with Gasteiger partial charge in [0.2, 0.25) is 0 Å². The van der Waals surface area contributed by atoms with E-state index >= 15 is 0 Å². The number of hydrogen-bond donors (Lipinski definition) is 2. The molecule has 2 N–H and O–H groups in total. The quantitative estimate of drug-likeness (QED) is 0.310. The number of nitrogens with one attached hydrogen (secondary N) is 2. The maximum atomic E-state index is 14.4. The highest BCUT2D eigenvalue weighted by Crippen LogP contribution is 2.53. The predicted octanol–water partition coefficient (Wildman–Crippen LogP) is 5.30. The number of sulfone groups is 1. The molecular weight excluding hydrogens is 648 g/mol. The van der Waals surface area contributed by atoms with Crippen LogP contribution in [-0.2, 0) is 15.5 Å². The molecule has 0 aliphatic carbocycles. The molecule has 0 unspecified atom stereocenters. The average molecular weight is 668 g/mol. The number of benzene rings is 2. The third-order valence-electron chi connectivity index (χ3n) is 5.07. The van der Waals surface area contributed by atoms with Crippen LogP contribution in [0.15, 0.2) is 36.4 Å². The molecule has 2 rings (SSSR count). The van der Waals surface area contributed by atoms with Crippen molar-refractivity contribution in [1.82, 2.24) is 5.32 Å². The van der Waals surface area contributed by atoms with Crippen LogP contribution >= 0.6 is 22.6 Å². The number of aryl methyl sites for hydroxylation is 1. The van der Waals surface area contributed by atoms with Gasteiger partial charge in [0.15, 0.2) is 0 Å². The highest BCUT2D eigenvalue weighted by molar-refractivity contribution is 14.1. The number of rotatable bonds is 7. The first-order valence-corrected chi connectivity index (χ1v) is 13.3. The van der Waals surface area contributed by atoms with Gasteiger partial charge in [-0.15, -0.1) is 0 Å². The molecule has 0 saturated heterocycles. The lowest BCUT2D eigenvalue weighted by Crippen LogP contribution is -2.50. The monoisotopic (exact) mass is 668 g/mol. The van der Waals surface area contributed by atoms with Gasteiger partial charge in [-0.3, -0.25) is 9.59 Å². The van der Waals surface area contributed by atoms with Gasteiger partial charge in [0, 0.05) is 27.1 Å². The largest absolute Gasteiger partial charge is 0.435 e. The van der Waals surface area contributed by atoms with Gasteiger partial charge in [0.05, 0.1) is 16.9 Å². The number of halogens is 8. The molecule has 2 amide bonds. The molecule has 0 aliphatic heterocycles. The Balaban J connectivity index is 2.40. The minimum Gasteiger partial charge on any atom is -0.349 e. The molecule has 0 heterocycles. The highest BCUT2D eigenvalue weighted by atomic mass is 127. The molecule has 0 radical (unpaired) electrons. The van der Waals surface area contributed by atoms with E-state index in [1.807, 2.05) is 0 Å². The zero-order chi connectivity index (χ0) is 28.6. The van der Waals surface area contributed by atoms with Crippen molar-refractivity contribution in [2.75, 3.05) is 17.3 Å². The van der Waals surface area contributed by atoms with Crippen molar-refractivity contribution in [2.45, 2.75) is 37.9 Å². The fourth-order valence-corrected chi connectivity index (χ4v) is 5.17. The highest BCUT2D eigenvalue weighted by Gasteiger charge is 2.73. The van der Waals surface area contributed by atoms with Crippen LogP contribution in [0.25, 0.3) is 0 Å². The van der Waals surface area contributed by atoms with Crippen molar-refractivity contribution in [2.24, 2.45) is 0 Å². The normalized spacial score (nSPS) is 13.7. The Labute approximate surface area is 221 Å². The summed E-state index contributed by atoms with van der Waals surface area (Å²) in [6, 6.07) is 4.63. The molecule has 15 heteroatoms. The summed E-state index contributed by atoms with van der Waals surface area (Å²) >= 11 is 1.76. The van der Waals surface area contributed by atoms with Crippen LogP contribution in [0.5, 0.6) is 0 Å². The van der Waals surface area contributed by atoms with Crippen molar-refractivity contribution in [3.63, 3.8) is 0 Å². The van der Waals surface area contributed by atoms with E-state index in [9.17, 15) is 48.7 Å². The predicted molar refractivity (Wildman–Crippen MR) is 130 cm³/mol. The van der Waals surface area contributed by atoms with Gasteiger partial charge in [0.25, 0.3) is 11.8 Å². The summed E-state index contributed by atoms with van der Waals surface area (Å²) in [4.78, 5) is 25.7. The van der Waals surface area contributed by atoms with Gasteiger partial charge < -0.3 is 10.6 Å². The Morgan fingerprint density at radius 1 is 0.973 bits per heavy atom. The smallest absolute Gasteiger partial charge is 0.349 e. The fourth-order valence-electron chi connectivity index (χ4n) is 3.43. The van der Waals surface area contributed by atoms with Crippen LogP contribution < -0.4 is 10.6 Å². The number of amides is 2. The maximum Gasteiger partial charge on any atom is 0.435 e. The number of anilines is 1. The van der Waals surface area contributed by atoms with Gasteiger partial charge in [-0.1, -0.05) is 18.2 Å². The molecule has 6 nitrogen and oxygen atoms in total. The molecule has 2 aromatic rings. The molecule has 0 spiro atoms. The molecule has 0 aliphatic rings. The van der Waals surface area contributed by atoms with Crippen LogP contribution in [0.3, 0.4) is 0 Å². The van der Waals surface area contributed by atoms with Crippen molar-refractivity contribution in [1.29, 1.82) is 0 Å². The standard InChI is InChI=1S/C22H20F7IN2O4S/c1-11-9-13(20(23,21(24,25)26)22(27,28)29)7-8-16(11)32-18(33)14-5-4-6-15(30)17(14)19(34)31-12(2)10-37(3,35)36/h4-9,12H,10H2,1-3H3,(H,31,34)(H,32,33)/t12-/m1/s1. The first-order valence-electron chi connectivity index (χ1n) is 10.2. The Morgan fingerprint density at radius 2 is 1.54 bits per heavy atom. The van der Waals surface area contributed by atoms with Crippen molar-refractivity contribution in [3.8, 4) is 0 Å². The number of hydrogen-bond acceptors (Lipinski definition) is 4. The molecule has 0 aromatic heterocycles. The Kier molecular flexibility index (Phi) is 8.94. The second kappa shape index (κ2) is 10.7. The second-order valence-corrected chi connectivity index (χ2v) is 11.6. The van der Waals surface area contributed by atoms with Crippen LogP contribution in [0.1, 0.15) is 38.8 Å². The fraction of sp³-hybridized carbons (Fsp3) is 0.364. The summed E-state index contributed by atoms with van der Waals surface area (Å²) in [5.41, 5.74) is -8.21. The molecule has 2 aromatic carbocycles. The summed E-state index contributed by atoms with van der Waals surface area (Å²) in [5, 5.41) is 4.75. The van der Waals surface area contributed by atoms with E-state index in [1.165, 1.54) is 25.1 Å². The number of carbonyl (C=O) groups is 2. The van der Waals surface area contributed by atoms with E-state index in [0.29, 0.717) is 15.7 Å². The van der Waals surface area contributed by atoms with E-state index in [0.717, 1.165) is 13.2 Å².